The van der Waals surface area contributed by atoms with Crippen molar-refractivity contribution in [1.29, 1.82) is 0 Å². The predicted octanol–water partition coefficient (Wildman–Crippen LogP) is 2.87. The second-order valence-electron chi connectivity index (χ2n) is 4.30. The lowest BCUT2D eigenvalue weighted by atomic mass is 10.3. The Kier molecular flexibility index (Phi) is 4.16. The van der Waals surface area contributed by atoms with E-state index in [9.17, 15) is 9.90 Å². The van der Waals surface area contributed by atoms with Crippen molar-refractivity contribution >= 4 is 12.2 Å². The zero-order chi connectivity index (χ0) is 13.8. The van der Waals surface area contributed by atoms with Crippen LogP contribution in [0.3, 0.4) is 0 Å². The standard InChI is InChI=1S/C14H16N2O2S/c1-2-3-9-15-12(17)10-13(18)16(14(15)19)11-7-5-4-6-8-11/h4-8,10,17H,2-3,9H2,1H3. The van der Waals surface area contributed by atoms with Gasteiger partial charge >= 0.3 is 0 Å². The van der Waals surface area contributed by atoms with Crippen LogP contribution in [0.5, 0.6) is 5.88 Å². The van der Waals surface area contributed by atoms with Crippen molar-refractivity contribution in [2.45, 2.75) is 26.3 Å². The first-order chi connectivity index (χ1) is 9.15. The first-order valence-corrected chi connectivity index (χ1v) is 6.67. The maximum atomic E-state index is 12.0. The largest absolute Gasteiger partial charge is 0.494 e. The Bertz CT molecular complexity index is 674. The van der Waals surface area contributed by atoms with Gasteiger partial charge in [-0.1, -0.05) is 31.5 Å². The molecule has 5 heteroatoms. The van der Waals surface area contributed by atoms with E-state index in [-0.39, 0.29) is 11.4 Å². The zero-order valence-corrected chi connectivity index (χ0v) is 11.6. The molecule has 4 nitrogen and oxygen atoms in total. The summed E-state index contributed by atoms with van der Waals surface area (Å²) in [7, 11) is 0. The van der Waals surface area contributed by atoms with E-state index >= 15 is 0 Å². The van der Waals surface area contributed by atoms with Gasteiger partial charge in [-0.15, -0.1) is 0 Å². The summed E-state index contributed by atoms with van der Waals surface area (Å²) in [5.74, 6) is -0.0735. The molecular weight excluding hydrogens is 260 g/mol. The Morgan fingerprint density at radius 3 is 2.58 bits per heavy atom. The molecule has 1 aromatic heterocycles. The maximum absolute atomic E-state index is 12.0. The molecule has 1 aromatic carbocycles. The molecule has 0 aliphatic rings. The lowest BCUT2D eigenvalue weighted by Crippen LogP contribution is -2.22. The summed E-state index contributed by atoms with van der Waals surface area (Å²) in [6.07, 6.45) is 1.89. The quantitative estimate of drug-likeness (QED) is 0.873. The monoisotopic (exact) mass is 276 g/mol. The van der Waals surface area contributed by atoms with Crippen LogP contribution in [0.25, 0.3) is 5.69 Å². The number of rotatable bonds is 4. The molecule has 0 saturated heterocycles. The van der Waals surface area contributed by atoms with E-state index in [4.69, 9.17) is 12.2 Å². The summed E-state index contributed by atoms with van der Waals surface area (Å²) in [4.78, 5) is 12.0. The average molecular weight is 276 g/mol. The lowest BCUT2D eigenvalue weighted by molar-refractivity contribution is 0.396. The molecule has 0 aliphatic heterocycles. The van der Waals surface area contributed by atoms with Crippen LogP contribution in [-0.2, 0) is 6.54 Å². The summed E-state index contributed by atoms with van der Waals surface area (Å²) < 4.78 is 3.35. The number of hydrogen-bond acceptors (Lipinski definition) is 3. The third-order valence-corrected chi connectivity index (χ3v) is 3.32. The van der Waals surface area contributed by atoms with Gasteiger partial charge in [-0.25, -0.2) is 0 Å². The number of nitrogens with zero attached hydrogens (tertiary/aromatic N) is 2. The molecule has 19 heavy (non-hydrogen) atoms. The molecule has 0 radical (unpaired) electrons. The summed E-state index contributed by atoms with van der Waals surface area (Å²) in [5.41, 5.74) is 0.393. The van der Waals surface area contributed by atoms with Gasteiger partial charge in [-0.05, 0) is 30.8 Å². The third kappa shape index (κ3) is 2.76. The van der Waals surface area contributed by atoms with Crippen molar-refractivity contribution in [3.05, 3.63) is 51.5 Å². The van der Waals surface area contributed by atoms with E-state index in [0.717, 1.165) is 12.8 Å². The predicted molar refractivity (Wildman–Crippen MR) is 77.4 cm³/mol. The SMILES string of the molecule is CCCCn1c(O)cc(=O)n(-c2ccccc2)c1=S. The molecule has 0 amide bonds. The highest BCUT2D eigenvalue weighted by atomic mass is 32.1. The summed E-state index contributed by atoms with van der Waals surface area (Å²) in [5, 5.41) is 9.85. The molecule has 0 unspecified atom stereocenters. The van der Waals surface area contributed by atoms with Crippen LogP contribution in [0.1, 0.15) is 19.8 Å². The number of unbranched alkanes of at least 4 members (excludes halogenated alkanes) is 1. The van der Waals surface area contributed by atoms with E-state index in [1.165, 1.54) is 10.6 Å². The molecule has 0 aliphatic carbocycles. The van der Waals surface area contributed by atoms with Gasteiger partial charge < -0.3 is 5.11 Å². The van der Waals surface area contributed by atoms with Crippen LogP contribution in [0, 0.1) is 4.77 Å². The van der Waals surface area contributed by atoms with Gasteiger partial charge in [0.05, 0.1) is 11.8 Å². The lowest BCUT2D eigenvalue weighted by Gasteiger charge is -2.13. The van der Waals surface area contributed by atoms with E-state index in [2.05, 4.69) is 6.92 Å². The summed E-state index contributed by atoms with van der Waals surface area (Å²) in [6, 6.07) is 10.4. The van der Waals surface area contributed by atoms with Crippen molar-refractivity contribution in [2.75, 3.05) is 0 Å². The fraction of sp³-hybridized carbons (Fsp3) is 0.286. The van der Waals surface area contributed by atoms with Gasteiger partial charge in [0, 0.05) is 6.54 Å². The number of benzene rings is 1. The number of hydrogen-bond donors (Lipinski definition) is 1. The molecular formula is C14H16N2O2S. The van der Waals surface area contributed by atoms with E-state index in [0.29, 0.717) is 17.0 Å². The van der Waals surface area contributed by atoms with Crippen molar-refractivity contribution in [3.63, 3.8) is 0 Å². The van der Waals surface area contributed by atoms with Gasteiger partial charge in [0.25, 0.3) is 5.56 Å². The number of aromatic nitrogens is 2. The third-order valence-electron chi connectivity index (χ3n) is 2.92. The van der Waals surface area contributed by atoms with Crippen molar-refractivity contribution in [1.82, 2.24) is 9.13 Å². The Morgan fingerprint density at radius 1 is 1.26 bits per heavy atom. The Hall–Kier alpha value is -1.88. The van der Waals surface area contributed by atoms with Gasteiger partial charge in [0.15, 0.2) is 10.7 Å². The molecule has 1 N–H and O–H groups in total. The average Bonchev–Trinajstić information content (AvgIpc) is 2.39. The smallest absolute Gasteiger partial charge is 0.262 e. The molecule has 0 atom stereocenters. The van der Waals surface area contributed by atoms with Crippen LogP contribution < -0.4 is 5.56 Å². The fourth-order valence-corrected chi connectivity index (χ4v) is 2.29. The highest BCUT2D eigenvalue weighted by molar-refractivity contribution is 7.71. The summed E-state index contributed by atoms with van der Waals surface area (Å²) >= 11 is 5.33. The van der Waals surface area contributed by atoms with Crippen LogP contribution in [0.15, 0.2) is 41.2 Å². The minimum atomic E-state index is -0.318. The molecule has 2 aromatic rings. The second kappa shape index (κ2) is 5.84. The van der Waals surface area contributed by atoms with Crippen molar-refractivity contribution in [2.24, 2.45) is 0 Å². The number of aromatic hydroxyl groups is 1. The van der Waals surface area contributed by atoms with E-state index < -0.39 is 0 Å². The van der Waals surface area contributed by atoms with Crippen LogP contribution in [0.4, 0.5) is 0 Å². The van der Waals surface area contributed by atoms with Gasteiger partial charge in [-0.3, -0.25) is 13.9 Å². The molecule has 0 spiro atoms. The molecule has 0 saturated carbocycles. The van der Waals surface area contributed by atoms with Crippen LogP contribution in [0.2, 0.25) is 0 Å². The highest BCUT2D eigenvalue weighted by Gasteiger charge is 2.08. The Balaban J connectivity index is 2.62. The van der Waals surface area contributed by atoms with Gasteiger partial charge in [-0.2, -0.15) is 0 Å². The molecule has 0 bridgehead atoms. The Labute approximate surface area is 116 Å². The maximum Gasteiger partial charge on any atom is 0.262 e. The minimum absolute atomic E-state index is 0.0735. The highest BCUT2D eigenvalue weighted by Crippen LogP contribution is 2.12. The molecule has 1 heterocycles. The topological polar surface area (TPSA) is 47.2 Å². The van der Waals surface area contributed by atoms with Gasteiger partial charge in [0.1, 0.15) is 0 Å². The normalized spacial score (nSPS) is 10.6. The first kappa shape index (κ1) is 13.5. The molecule has 0 fully saturated rings. The van der Waals surface area contributed by atoms with E-state index in [1.807, 2.05) is 30.3 Å². The minimum Gasteiger partial charge on any atom is -0.494 e. The van der Waals surface area contributed by atoms with Crippen LogP contribution in [-0.4, -0.2) is 14.2 Å². The summed E-state index contributed by atoms with van der Waals surface area (Å²) in [6.45, 7) is 2.67. The Morgan fingerprint density at radius 2 is 1.95 bits per heavy atom. The zero-order valence-electron chi connectivity index (χ0n) is 10.7. The number of para-hydroxylation sites is 1. The van der Waals surface area contributed by atoms with Crippen LogP contribution >= 0.6 is 12.2 Å². The molecule has 2 rings (SSSR count). The second-order valence-corrected chi connectivity index (χ2v) is 4.66. The van der Waals surface area contributed by atoms with Crippen molar-refractivity contribution in [3.8, 4) is 11.6 Å². The first-order valence-electron chi connectivity index (χ1n) is 6.26. The fourth-order valence-electron chi connectivity index (χ4n) is 1.91. The molecule has 100 valence electrons. The van der Waals surface area contributed by atoms with E-state index in [1.54, 1.807) is 4.57 Å². The van der Waals surface area contributed by atoms with Gasteiger partial charge in [0.2, 0.25) is 0 Å². The van der Waals surface area contributed by atoms with Crippen molar-refractivity contribution < 1.29 is 5.11 Å².